The number of aromatic nitrogens is 2. The van der Waals surface area contributed by atoms with Gasteiger partial charge in [-0.2, -0.15) is 0 Å². The normalized spacial score (nSPS) is 11.1. The van der Waals surface area contributed by atoms with Crippen LogP contribution < -0.4 is 4.74 Å². The molecule has 0 saturated heterocycles. The van der Waals surface area contributed by atoms with Gasteiger partial charge in [0.2, 0.25) is 0 Å². The van der Waals surface area contributed by atoms with E-state index in [0.717, 1.165) is 38.3 Å². The van der Waals surface area contributed by atoms with E-state index in [1.54, 1.807) is 18.4 Å². The minimum Gasteiger partial charge on any atom is -0.494 e. The molecular formula is C14H13BrN2OS2. The molecular weight excluding hydrogens is 356 g/mol. The number of benzene rings is 1. The van der Waals surface area contributed by atoms with Gasteiger partial charge in [0, 0.05) is 11.4 Å². The average molecular weight is 369 g/mol. The average Bonchev–Trinajstić information content (AvgIpc) is 2.99. The molecule has 0 spiro atoms. The van der Waals surface area contributed by atoms with Gasteiger partial charge in [0.15, 0.2) is 4.77 Å². The largest absolute Gasteiger partial charge is 0.494 e. The van der Waals surface area contributed by atoms with Crippen LogP contribution in [0.1, 0.15) is 4.88 Å². The quantitative estimate of drug-likeness (QED) is 0.671. The van der Waals surface area contributed by atoms with Crippen molar-refractivity contribution in [1.82, 2.24) is 9.55 Å². The fourth-order valence-corrected chi connectivity index (χ4v) is 4.02. The van der Waals surface area contributed by atoms with Crippen molar-refractivity contribution < 1.29 is 4.74 Å². The molecule has 0 atom stereocenters. The molecule has 0 aliphatic carbocycles. The molecule has 0 aliphatic rings. The van der Waals surface area contributed by atoms with Gasteiger partial charge in [0.1, 0.15) is 11.3 Å². The van der Waals surface area contributed by atoms with E-state index in [1.165, 1.54) is 4.88 Å². The lowest BCUT2D eigenvalue weighted by Crippen LogP contribution is -2.00. The van der Waals surface area contributed by atoms with Crippen molar-refractivity contribution in [1.29, 1.82) is 0 Å². The molecule has 0 aliphatic heterocycles. The smallest absolute Gasteiger partial charge is 0.178 e. The number of nitrogens with one attached hydrogen (secondary N) is 1. The third-order valence-corrected chi connectivity index (χ3v) is 5.21. The molecule has 1 aromatic carbocycles. The van der Waals surface area contributed by atoms with Crippen LogP contribution >= 0.6 is 39.5 Å². The highest BCUT2D eigenvalue weighted by atomic mass is 79.9. The number of fused-ring (bicyclic) bond motifs is 1. The first-order valence-corrected chi connectivity index (χ1v) is 8.20. The van der Waals surface area contributed by atoms with E-state index in [4.69, 9.17) is 17.0 Å². The first-order chi connectivity index (χ1) is 9.69. The highest BCUT2D eigenvalue weighted by Gasteiger charge is 2.09. The number of halogens is 1. The summed E-state index contributed by atoms with van der Waals surface area (Å²) in [6, 6.07) is 10.2. The SMILES string of the molecule is COc1cccc2c1[nH]c(=S)n2CCc1ccc(Br)s1. The van der Waals surface area contributed by atoms with Crippen molar-refractivity contribution in [3.05, 3.63) is 43.8 Å². The monoisotopic (exact) mass is 368 g/mol. The summed E-state index contributed by atoms with van der Waals surface area (Å²) in [7, 11) is 1.67. The van der Waals surface area contributed by atoms with Gasteiger partial charge in [0.05, 0.1) is 16.4 Å². The molecule has 2 aromatic heterocycles. The van der Waals surface area contributed by atoms with Gasteiger partial charge in [-0.15, -0.1) is 11.3 Å². The summed E-state index contributed by atoms with van der Waals surface area (Å²) >= 11 is 10.7. The molecule has 2 heterocycles. The number of aromatic amines is 1. The van der Waals surface area contributed by atoms with Crippen LogP contribution in [0.3, 0.4) is 0 Å². The zero-order valence-electron chi connectivity index (χ0n) is 10.9. The Morgan fingerprint density at radius 1 is 1.35 bits per heavy atom. The number of para-hydroxylation sites is 1. The van der Waals surface area contributed by atoms with E-state index in [9.17, 15) is 0 Å². The van der Waals surface area contributed by atoms with E-state index in [1.807, 2.05) is 12.1 Å². The number of hydrogen-bond acceptors (Lipinski definition) is 3. The second-order valence-electron chi connectivity index (χ2n) is 4.39. The van der Waals surface area contributed by atoms with Crippen molar-refractivity contribution in [3.63, 3.8) is 0 Å². The second kappa shape index (κ2) is 5.71. The zero-order chi connectivity index (χ0) is 14.1. The van der Waals surface area contributed by atoms with Gasteiger partial charge in [-0.25, -0.2) is 0 Å². The first kappa shape index (κ1) is 13.9. The number of thiophene rings is 1. The molecule has 0 saturated carbocycles. The molecule has 1 N–H and O–H groups in total. The number of imidazole rings is 1. The van der Waals surface area contributed by atoms with Crippen molar-refractivity contribution in [2.24, 2.45) is 0 Å². The summed E-state index contributed by atoms with van der Waals surface area (Å²) < 4.78 is 9.39. The van der Waals surface area contributed by atoms with Gasteiger partial charge < -0.3 is 14.3 Å². The molecule has 104 valence electrons. The zero-order valence-corrected chi connectivity index (χ0v) is 14.1. The highest BCUT2D eigenvalue weighted by Crippen LogP contribution is 2.26. The van der Waals surface area contributed by atoms with Crippen LogP contribution in [0, 0.1) is 4.77 Å². The Balaban J connectivity index is 1.95. The fourth-order valence-electron chi connectivity index (χ4n) is 2.25. The van der Waals surface area contributed by atoms with E-state index in [-0.39, 0.29) is 0 Å². The predicted molar refractivity (Wildman–Crippen MR) is 89.4 cm³/mol. The van der Waals surface area contributed by atoms with E-state index in [2.05, 4.69) is 43.7 Å². The second-order valence-corrected chi connectivity index (χ2v) is 7.33. The molecule has 0 bridgehead atoms. The summed E-state index contributed by atoms with van der Waals surface area (Å²) in [5.74, 6) is 0.825. The minimum absolute atomic E-state index is 0.736. The van der Waals surface area contributed by atoms with Gasteiger partial charge >= 0.3 is 0 Å². The lowest BCUT2D eigenvalue weighted by molar-refractivity contribution is 0.419. The molecule has 3 aromatic rings. The van der Waals surface area contributed by atoms with Gasteiger partial charge in [0.25, 0.3) is 0 Å². The molecule has 0 radical (unpaired) electrons. The summed E-state index contributed by atoms with van der Waals surface area (Å²) in [4.78, 5) is 4.58. The Morgan fingerprint density at radius 3 is 2.90 bits per heavy atom. The fraction of sp³-hybridized carbons (Fsp3) is 0.214. The number of nitrogens with zero attached hydrogens (tertiary/aromatic N) is 1. The summed E-state index contributed by atoms with van der Waals surface area (Å²) in [5.41, 5.74) is 2.05. The van der Waals surface area contributed by atoms with Crippen LogP contribution in [0.2, 0.25) is 0 Å². The Bertz CT molecular complexity index is 803. The number of methoxy groups -OCH3 is 1. The van der Waals surface area contributed by atoms with Crippen LogP contribution in [0.25, 0.3) is 11.0 Å². The van der Waals surface area contributed by atoms with Crippen LogP contribution in [0.5, 0.6) is 5.75 Å². The number of aryl methyl sites for hydroxylation is 2. The number of ether oxygens (including phenoxy) is 1. The summed E-state index contributed by atoms with van der Waals surface area (Å²) in [6.45, 7) is 0.860. The van der Waals surface area contributed by atoms with Gasteiger partial charge in [-0.05, 0) is 58.8 Å². The van der Waals surface area contributed by atoms with Crippen molar-refractivity contribution >= 4 is 50.5 Å². The van der Waals surface area contributed by atoms with Gasteiger partial charge in [-0.3, -0.25) is 0 Å². The maximum atomic E-state index is 5.43. The van der Waals surface area contributed by atoms with Gasteiger partial charge in [-0.1, -0.05) is 6.07 Å². The third-order valence-electron chi connectivity index (χ3n) is 3.20. The van der Waals surface area contributed by atoms with E-state index in [0.29, 0.717) is 0 Å². The number of H-pyrrole nitrogens is 1. The Hall–Kier alpha value is -1.11. The lowest BCUT2D eigenvalue weighted by Gasteiger charge is -2.04. The number of rotatable bonds is 4. The van der Waals surface area contributed by atoms with Crippen molar-refractivity contribution in [2.75, 3.05) is 7.11 Å². The summed E-state index contributed by atoms with van der Waals surface area (Å²) in [5, 5.41) is 0. The van der Waals surface area contributed by atoms with Crippen LogP contribution in [-0.2, 0) is 13.0 Å². The third kappa shape index (κ3) is 2.55. The molecule has 3 nitrogen and oxygen atoms in total. The Kier molecular flexibility index (Phi) is 3.96. The first-order valence-electron chi connectivity index (χ1n) is 6.19. The highest BCUT2D eigenvalue weighted by molar-refractivity contribution is 9.11. The molecule has 0 amide bonds. The standard InChI is InChI=1S/C14H13BrN2OS2/c1-18-11-4-2-3-10-13(11)16-14(19)17(10)8-7-9-5-6-12(15)20-9/h2-6H,7-8H2,1H3,(H,16,19). The molecule has 6 heteroatoms. The van der Waals surface area contributed by atoms with E-state index >= 15 is 0 Å². The van der Waals surface area contributed by atoms with Crippen LogP contribution in [0.4, 0.5) is 0 Å². The molecule has 0 fully saturated rings. The van der Waals surface area contributed by atoms with E-state index < -0.39 is 0 Å². The predicted octanol–water partition coefficient (Wildman–Crippen LogP) is 4.77. The van der Waals surface area contributed by atoms with Crippen LogP contribution in [0.15, 0.2) is 34.1 Å². The minimum atomic E-state index is 0.736. The number of hydrogen-bond donors (Lipinski definition) is 1. The van der Waals surface area contributed by atoms with Crippen molar-refractivity contribution in [3.8, 4) is 5.75 Å². The van der Waals surface area contributed by atoms with Crippen LogP contribution in [-0.4, -0.2) is 16.7 Å². The maximum absolute atomic E-state index is 5.43. The lowest BCUT2D eigenvalue weighted by atomic mass is 10.3. The molecule has 0 unspecified atom stereocenters. The summed E-state index contributed by atoms with van der Waals surface area (Å²) in [6.07, 6.45) is 0.967. The van der Waals surface area contributed by atoms with Crippen molar-refractivity contribution in [2.45, 2.75) is 13.0 Å². The Labute approximate surface area is 134 Å². The maximum Gasteiger partial charge on any atom is 0.178 e. The topological polar surface area (TPSA) is 29.9 Å². The molecule has 3 rings (SSSR count). The Morgan fingerprint density at radius 2 is 2.20 bits per heavy atom. The molecule has 20 heavy (non-hydrogen) atoms.